The number of fused-ring (bicyclic) bond motifs is 1. The van der Waals surface area contributed by atoms with Crippen molar-refractivity contribution in [3.63, 3.8) is 0 Å². The second kappa shape index (κ2) is 5.95. The quantitative estimate of drug-likeness (QED) is 0.879. The summed E-state index contributed by atoms with van der Waals surface area (Å²) >= 11 is 5.19. The first-order valence-corrected chi connectivity index (χ1v) is 7.58. The lowest BCUT2D eigenvalue weighted by molar-refractivity contribution is 0.116. The van der Waals surface area contributed by atoms with E-state index in [9.17, 15) is 0 Å². The molecule has 2 aromatic rings. The molecule has 4 nitrogen and oxygen atoms in total. The monoisotopic (exact) mass is 301 g/mol. The molecule has 5 heteroatoms. The smallest absolute Gasteiger partial charge is 0.139 e. The van der Waals surface area contributed by atoms with Gasteiger partial charge in [0.05, 0.1) is 17.2 Å². The van der Waals surface area contributed by atoms with E-state index in [1.54, 1.807) is 0 Å². The Balaban J connectivity index is 1.98. The van der Waals surface area contributed by atoms with Crippen LogP contribution in [-0.2, 0) is 4.74 Å². The number of pyridine rings is 1. The van der Waals surface area contributed by atoms with Crippen molar-refractivity contribution in [3.8, 4) is 0 Å². The van der Waals surface area contributed by atoms with Gasteiger partial charge >= 0.3 is 0 Å². The Labute approximate surface area is 129 Å². The van der Waals surface area contributed by atoms with Crippen LogP contribution in [0.2, 0.25) is 0 Å². The van der Waals surface area contributed by atoms with Crippen molar-refractivity contribution in [1.29, 1.82) is 0 Å². The number of ether oxygens (including phenoxy) is 1. The lowest BCUT2D eigenvalue weighted by atomic mass is 10.1. The van der Waals surface area contributed by atoms with Gasteiger partial charge in [0.1, 0.15) is 10.8 Å². The van der Waals surface area contributed by atoms with Crippen LogP contribution in [-0.4, -0.2) is 36.3 Å². The normalized spacial score (nSPS) is 18.0. The van der Waals surface area contributed by atoms with Crippen molar-refractivity contribution in [2.24, 2.45) is 5.73 Å². The summed E-state index contributed by atoms with van der Waals surface area (Å²) in [5.74, 6) is 0.830. The highest BCUT2D eigenvalue weighted by atomic mass is 32.1. The minimum absolute atomic E-state index is 0.266. The van der Waals surface area contributed by atoms with Crippen molar-refractivity contribution in [3.05, 3.63) is 35.9 Å². The Kier molecular flexibility index (Phi) is 4.03. The number of benzene rings is 1. The molecule has 1 aliphatic rings. The zero-order chi connectivity index (χ0) is 14.8. The average Bonchev–Trinajstić information content (AvgIpc) is 2.98. The maximum absolute atomic E-state index is 5.89. The molecule has 1 aromatic heterocycles. The van der Waals surface area contributed by atoms with Gasteiger partial charge < -0.3 is 15.4 Å². The highest BCUT2D eigenvalue weighted by Gasteiger charge is 2.20. The summed E-state index contributed by atoms with van der Waals surface area (Å²) in [6.07, 6.45) is 2.49. The summed E-state index contributed by atoms with van der Waals surface area (Å²) in [7, 11) is 2.01. The Morgan fingerprint density at radius 1 is 1.48 bits per heavy atom. The molecule has 0 amide bonds. The number of thiocarbonyl (C=S) groups is 1. The van der Waals surface area contributed by atoms with E-state index in [1.165, 1.54) is 0 Å². The molecule has 1 fully saturated rings. The molecule has 1 aromatic carbocycles. The predicted octanol–water partition coefficient (Wildman–Crippen LogP) is 2.48. The van der Waals surface area contributed by atoms with E-state index in [2.05, 4.69) is 4.90 Å². The summed E-state index contributed by atoms with van der Waals surface area (Å²) in [5.41, 5.74) is 7.66. The number of hydrogen-bond acceptors (Lipinski definition) is 4. The lowest BCUT2D eigenvalue weighted by Crippen LogP contribution is -2.31. The van der Waals surface area contributed by atoms with Crippen LogP contribution in [0, 0.1) is 0 Å². The fourth-order valence-electron chi connectivity index (χ4n) is 2.76. The van der Waals surface area contributed by atoms with Gasteiger partial charge in [0.25, 0.3) is 0 Å². The Hall–Kier alpha value is -1.72. The Bertz CT molecular complexity index is 668. The number of aromatic nitrogens is 1. The number of para-hydroxylation sites is 1. The Morgan fingerprint density at radius 2 is 2.29 bits per heavy atom. The van der Waals surface area contributed by atoms with Gasteiger partial charge in [-0.2, -0.15) is 0 Å². The van der Waals surface area contributed by atoms with Gasteiger partial charge in [0.2, 0.25) is 0 Å². The van der Waals surface area contributed by atoms with E-state index < -0.39 is 0 Å². The number of hydrogen-bond donors (Lipinski definition) is 1. The van der Waals surface area contributed by atoms with Gasteiger partial charge in [-0.1, -0.05) is 30.4 Å². The van der Waals surface area contributed by atoms with E-state index in [0.717, 1.165) is 48.3 Å². The van der Waals surface area contributed by atoms with Crippen molar-refractivity contribution in [1.82, 2.24) is 4.98 Å². The van der Waals surface area contributed by atoms with Crippen LogP contribution in [0.3, 0.4) is 0 Å². The topological polar surface area (TPSA) is 51.4 Å². The predicted molar refractivity (Wildman–Crippen MR) is 89.9 cm³/mol. The highest BCUT2D eigenvalue weighted by Crippen LogP contribution is 2.24. The van der Waals surface area contributed by atoms with Crippen molar-refractivity contribution in [2.45, 2.75) is 18.9 Å². The first kappa shape index (κ1) is 14.2. The van der Waals surface area contributed by atoms with E-state index in [-0.39, 0.29) is 6.10 Å². The van der Waals surface area contributed by atoms with Gasteiger partial charge in [0, 0.05) is 25.6 Å². The molecule has 21 heavy (non-hydrogen) atoms. The molecule has 2 heterocycles. The molecule has 110 valence electrons. The van der Waals surface area contributed by atoms with Crippen LogP contribution in [0.1, 0.15) is 18.4 Å². The SMILES string of the molecule is CN(CC1CCCO1)c1nc2ccccc2cc1C(N)=S. The fraction of sp³-hybridized carbons (Fsp3) is 0.375. The summed E-state index contributed by atoms with van der Waals surface area (Å²) in [4.78, 5) is 7.21. The maximum Gasteiger partial charge on any atom is 0.139 e. The molecule has 0 spiro atoms. The van der Waals surface area contributed by atoms with Crippen LogP contribution in [0.25, 0.3) is 10.9 Å². The first-order chi connectivity index (χ1) is 10.1. The Morgan fingerprint density at radius 3 is 3.00 bits per heavy atom. The van der Waals surface area contributed by atoms with Crippen molar-refractivity contribution >= 4 is 33.9 Å². The summed E-state index contributed by atoms with van der Waals surface area (Å²) in [6.45, 7) is 1.66. The van der Waals surface area contributed by atoms with Crippen molar-refractivity contribution < 1.29 is 4.74 Å². The minimum Gasteiger partial charge on any atom is -0.389 e. The van der Waals surface area contributed by atoms with Crippen LogP contribution >= 0.6 is 12.2 Å². The standard InChI is InChI=1S/C16H19N3OS/c1-19(10-12-6-4-8-20-12)16-13(15(17)21)9-11-5-2-3-7-14(11)18-16/h2-3,5,7,9,12H,4,6,8,10H2,1H3,(H2,17,21). The third-order valence-corrected chi connectivity index (χ3v) is 4.05. The number of nitrogens with two attached hydrogens (primary N) is 1. The molecule has 1 aliphatic heterocycles. The molecule has 2 N–H and O–H groups in total. The van der Waals surface area contributed by atoms with Crippen LogP contribution in [0.4, 0.5) is 5.82 Å². The molecular weight excluding hydrogens is 282 g/mol. The molecule has 0 bridgehead atoms. The molecule has 0 aliphatic carbocycles. The average molecular weight is 301 g/mol. The number of anilines is 1. The highest BCUT2D eigenvalue weighted by molar-refractivity contribution is 7.80. The molecule has 0 saturated carbocycles. The third kappa shape index (κ3) is 2.99. The van der Waals surface area contributed by atoms with Gasteiger partial charge in [0.15, 0.2) is 0 Å². The molecule has 3 rings (SSSR count). The molecule has 1 unspecified atom stereocenters. The zero-order valence-corrected chi connectivity index (χ0v) is 12.9. The number of nitrogens with zero attached hydrogens (tertiary/aromatic N) is 2. The molecule has 1 saturated heterocycles. The third-order valence-electron chi connectivity index (χ3n) is 3.83. The zero-order valence-electron chi connectivity index (χ0n) is 12.1. The summed E-state index contributed by atoms with van der Waals surface area (Å²) < 4.78 is 5.70. The van der Waals surface area contributed by atoms with E-state index >= 15 is 0 Å². The van der Waals surface area contributed by atoms with Gasteiger partial charge in [-0.25, -0.2) is 4.98 Å². The molecule has 0 radical (unpaired) electrons. The second-order valence-corrected chi connectivity index (χ2v) is 5.87. The van der Waals surface area contributed by atoms with E-state index in [4.69, 9.17) is 27.7 Å². The minimum atomic E-state index is 0.266. The van der Waals surface area contributed by atoms with Gasteiger partial charge in [-0.05, 0) is 25.0 Å². The van der Waals surface area contributed by atoms with Crippen LogP contribution in [0.5, 0.6) is 0 Å². The van der Waals surface area contributed by atoms with Crippen LogP contribution < -0.4 is 10.6 Å². The van der Waals surface area contributed by atoms with Gasteiger partial charge in [-0.3, -0.25) is 0 Å². The second-order valence-electron chi connectivity index (χ2n) is 5.43. The lowest BCUT2D eigenvalue weighted by Gasteiger charge is -2.24. The van der Waals surface area contributed by atoms with Gasteiger partial charge in [-0.15, -0.1) is 0 Å². The van der Waals surface area contributed by atoms with E-state index in [1.807, 2.05) is 37.4 Å². The maximum atomic E-state index is 5.89. The van der Waals surface area contributed by atoms with Crippen molar-refractivity contribution in [2.75, 3.05) is 25.1 Å². The van der Waals surface area contributed by atoms with Crippen LogP contribution in [0.15, 0.2) is 30.3 Å². The fourth-order valence-corrected chi connectivity index (χ4v) is 2.91. The number of rotatable bonds is 4. The largest absolute Gasteiger partial charge is 0.389 e. The first-order valence-electron chi connectivity index (χ1n) is 7.17. The summed E-state index contributed by atoms with van der Waals surface area (Å²) in [6, 6.07) is 10.0. The summed E-state index contributed by atoms with van der Waals surface area (Å²) in [5, 5.41) is 1.05. The van der Waals surface area contributed by atoms with E-state index in [0.29, 0.717) is 4.99 Å². The number of likely N-dealkylation sites (N-methyl/N-ethyl adjacent to an activating group) is 1. The molecular formula is C16H19N3OS. The molecule has 1 atom stereocenters.